The molecule has 0 bridgehead atoms. The van der Waals surface area contributed by atoms with Gasteiger partial charge in [0.25, 0.3) is 5.91 Å². The van der Waals surface area contributed by atoms with E-state index in [9.17, 15) is 4.79 Å². The summed E-state index contributed by atoms with van der Waals surface area (Å²) in [6, 6.07) is 20.0. The number of carbonyl (C=O) groups excluding carboxylic acids is 1. The molecular formula is C21H17ClN4O. The Balaban J connectivity index is 1.52. The number of anilines is 2. The number of aromatic nitrogens is 1. The van der Waals surface area contributed by atoms with E-state index in [1.165, 1.54) is 11.8 Å². The second-order valence-electron chi connectivity index (χ2n) is 5.88. The van der Waals surface area contributed by atoms with Crippen LogP contribution in [0, 0.1) is 11.3 Å². The largest absolute Gasteiger partial charge is 0.370 e. The molecule has 0 spiro atoms. The summed E-state index contributed by atoms with van der Waals surface area (Å²) >= 11 is 5.88. The number of nitrogens with zero attached hydrogens (tertiary/aromatic N) is 2. The minimum Gasteiger partial charge on any atom is -0.370 e. The van der Waals surface area contributed by atoms with Crippen molar-refractivity contribution in [3.05, 3.63) is 88.6 Å². The highest BCUT2D eigenvalue weighted by molar-refractivity contribution is 6.30. The molecular weight excluding hydrogens is 360 g/mol. The zero-order valence-electron chi connectivity index (χ0n) is 14.4. The van der Waals surface area contributed by atoms with Crippen molar-refractivity contribution < 1.29 is 4.79 Å². The number of amides is 1. The second-order valence-corrected chi connectivity index (χ2v) is 6.32. The number of hydrogen-bond acceptors (Lipinski definition) is 4. The number of benzene rings is 2. The first-order chi connectivity index (χ1) is 13.1. The number of carbonyl (C=O) groups is 1. The Hall–Kier alpha value is -3.36. The highest BCUT2D eigenvalue weighted by atomic mass is 35.5. The van der Waals surface area contributed by atoms with Crippen molar-refractivity contribution in [1.29, 1.82) is 5.26 Å². The standard InChI is InChI=1S/C21H17ClN4O/c22-18-6-1-15(2-7-18)11-12-24-20-10-5-17(14-25-20)21(27)26-19-8-3-16(13-23)4-9-19/h1-10,14H,11-12H2,(H,24,25)(H,26,27). The summed E-state index contributed by atoms with van der Waals surface area (Å²) in [6.45, 7) is 0.728. The van der Waals surface area contributed by atoms with Crippen LogP contribution in [0.3, 0.4) is 0 Å². The Morgan fingerprint density at radius 3 is 2.41 bits per heavy atom. The summed E-state index contributed by atoms with van der Waals surface area (Å²) in [5.74, 6) is 0.457. The van der Waals surface area contributed by atoms with Crippen molar-refractivity contribution in [3.63, 3.8) is 0 Å². The first-order valence-corrected chi connectivity index (χ1v) is 8.78. The quantitative estimate of drug-likeness (QED) is 0.663. The second kappa shape index (κ2) is 8.84. The van der Waals surface area contributed by atoms with Crippen molar-refractivity contribution in [2.45, 2.75) is 6.42 Å². The van der Waals surface area contributed by atoms with E-state index < -0.39 is 0 Å². The molecule has 1 amide bonds. The van der Waals surface area contributed by atoms with Crippen LogP contribution in [0.15, 0.2) is 66.9 Å². The third-order valence-electron chi connectivity index (χ3n) is 3.93. The van der Waals surface area contributed by atoms with Crippen LogP contribution in [-0.2, 0) is 6.42 Å². The molecule has 0 fully saturated rings. The maximum Gasteiger partial charge on any atom is 0.257 e. The van der Waals surface area contributed by atoms with Crippen LogP contribution >= 0.6 is 11.6 Å². The van der Waals surface area contributed by atoms with E-state index in [0.717, 1.165) is 18.0 Å². The minimum atomic E-state index is -0.250. The van der Waals surface area contributed by atoms with Gasteiger partial charge < -0.3 is 10.6 Å². The predicted octanol–water partition coefficient (Wildman–Crippen LogP) is 4.51. The van der Waals surface area contributed by atoms with Crippen LogP contribution in [0.1, 0.15) is 21.5 Å². The van der Waals surface area contributed by atoms with Crippen molar-refractivity contribution in [2.24, 2.45) is 0 Å². The molecule has 0 saturated heterocycles. The molecule has 1 aromatic heterocycles. The molecule has 2 N–H and O–H groups in total. The molecule has 1 heterocycles. The summed E-state index contributed by atoms with van der Waals surface area (Å²) in [6.07, 6.45) is 2.38. The maximum absolute atomic E-state index is 12.3. The molecule has 0 radical (unpaired) electrons. The smallest absolute Gasteiger partial charge is 0.257 e. The van der Waals surface area contributed by atoms with Crippen LogP contribution in [0.4, 0.5) is 11.5 Å². The van der Waals surface area contributed by atoms with Crippen LogP contribution in [0.5, 0.6) is 0 Å². The summed E-state index contributed by atoms with van der Waals surface area (Å²) < 4.78 is 0. The Morgan fingerprint density at radius 1 is 1.04 bits per heavy atom. The molecule has 6 heteroatoms. The van der Waals surface area contributed by atoms with Gasteiger partial charge in [0, 0.05) is 23.5 Å². The molecule has 0 atom stereocenters. The van der Waals surface area contributed by atoms with Gasteiger partial charge in [0.1, 0.15) is 5.82 Å². The molecule has 3 rings (SSSR count). The lowest BCUT2D eigenvalue weighted by molar-refractivity contribution is 0.102. The Kier molecular flexibility index (Phi) is 6.03. The molecule has 0 aliphatic carbocycles. The minimum absolute atomic E-state index is 0.250. The van der Waals surface area contributed by atoms with Crippen molar-refractivity contribution in [1.82, 2.24) is 4.98 Å². The van der Waals surface area contributed by atoms with Crippen LogP contribution in [0.2, 0.25) is 5.02 Å². The highest BCUT2D eigenvalue weighted by Crippen LogP contribution is 2.13. The highest BCUT2D eigenvalue weighted by Gasteiger charge is 2.07. The van der Waals surface area contributed by atoms with Gasteiger partial charge in [-0.15, -0.1) is 0 Å². The van der Waals surface area contributed by atoms with Gasteiger partial charge in [-0.2, -0.15) is 5.26 Å². The van der Waals surface area contributed by atoms with Gasteiger partial charge in [0.15, 0.2) is 0 Å². The predicted molar refractivity (Wildman–Crippen MR) is 107 cm³/mol. The summed E-state index contributed by atoms with van der Waals surface area (Å²) in [5, 5.41) is 15.5. The number of nitriles is 1. The number of hydrogen-bond donors (Lipinski definition) is 2. The van der Waals surface area contributed by atoms with Gasteiger partial charge in [0.05, 0.1) is 17.2 Å². The molecule has 134 valence electrons. The fraction of sp³-hybridized carbons (Fsp3) is 0.0952. The van der Waals surface area contributed by atoms with Gasteiger partial charge in [-0.25, -0.2) is 4.98 Å². The third kappa shape index (κ3) is 5.30. The third-order valence-corrected chi connectivity index (χ3v) is 4.18. The van der Waals surface area contributed by atoms with Gasteiger partial charge in [-0.3, -0.25) is 4.79 Å². The fourth-order valence-corrected chi connectivity index (χ4v) is 2.58. The van der Waals surface area contributed by atoms with Gasteiger partial charge >= 0.3 is 0 Å². The average Bonchev–Trinajstić information content (AvgIpc) is 2.70. The molecule has 0 saturated carbocycles. The SMILES string of the molecule is N#Cc1ccc(NC(=O)c2ccc(NCCc3ccc(Cl)cc3)nc2)cc1. The fourth-order valence-electron chi connectivity index (χ4n) is 2.45. The Bertz CT molecular complexity index is 945. The summed E-state index contributed by atoms with van der Waals surface area (Å²) in [7, 11) is 0. The molecule has 0 aliphatic heterocycles. The van der Waals surface area contributed by atoms with Crippen molar-refractivity contribution in [3.8, 4) is 6.07 Å². The number of pyridine rings is 1. The van der Waals surface area contributed by atoms with Crippen molar-refractivity contribution >= 4 is 29.0 Å². The van der Waals surface area contributed by atoms with E-state index in [-0.39, 0.29) is 5.91 Å². The lowest BCUT2D eigenvalue weighted by Gasteiger charge is -2.08. The average molecular weight is 377 g/mol. The molecule has 5 nitrogen and oxygen atoms in total. The lowest BCUT2D eigenvalue weighted by Crippen LogP contribution is -2.13. The van der Waals surface area contributed by atoms with E-state index in [1.54, 1.807) is 36.4 Å². The number of nitrogens with one attached hydrogen (secondary N) is 2. The van der Waals surface area contributed by atoms with Crippen LogP contribution < -0.4 is 10.6 Å². The molecule has 0 unspecified atom stereocenters. The molecule has 2 aromatic carbocycles. The van der Waals surface area contributed by atoms with Gasteiger partial charge in [0.2, 0.25) is 0 Å². The zero-order chi connectivity index (χ0) is 19.1. The van der Waals surface area contributed by atoms with E-state index in [4.69, 9.17) is 16.9 Å². The number of rotatable bonds is 6. The van der Waals surface area contributed by atoms with E-state index >= 15 is 0 Å². The Morgan fingerprint density at radius 2 is 1.78 bits per heavy atom. The van der Waals surface area contributed by atoms with E-state index in [2.05, 4.69) is 15.6 Å². The topological polar surface area (TPSA) is 77.8 Å². The molecule has 3 aromatic rings. The lowest BCUT2D eigenvalue weighted by atomic mass is 10.1. The van der Waals surface area contributed by atoms with E-state index in [1.807, 2.05) is 30.3 Å². The first-order valence-electron chi connectivity index (χ1n) is 8.40. The van der Waals surface area contributed by atoms with Gasteiger partial charge in [-0.1, -0.05) is 23.7 Å². The molecule has 27 heavy (non-hydrogen) atoms. The monoisotopic (exact) mass is 376 g/mol. The molecule has 0 aliphatic rings. The van der Waals surface area contributed by atoms with Crippen LogP contribution in [-0.4, -0.2) is 17.4 Å². The summed E-state index contributed by atoms with van der Waals surface area (Å²) in [5.41, 5.74) is 2.82. The maximum atomic E-state index is 12.3. The van der Waals surface area contributed by atoms with E-state index in [0.29, 0.717) is 22.6 Å². The normalized spacial score (nSPS) is 10.1. The zero-order valence-corrected chi connectivity index (χ0v) is 15.2. The van der Waals surface area contributed by atoms with Crippen molar-refractivity contribution in [2.75, 3.05) is 17.2 Å². The number of halogens is 1. The van der Waals surface area contributed by atoms with Gasteiger partial charge in [-0.05, 0) is 60.5 Å². The van der Waals surface area contributed by atoms with Crippen LogP contribution in [0.25, 0.3) is 0 Å². The first kappa shape index (κ1) is 18.4. The Labute approximate surface area is 162 Å². The summed E-state index contributed by atoms with van der Waals surface area (Å²) in [4.78, 5) is 16.5.